The molecule has 2 atom stereocenters. The molecule has 0 radical (unpaired) electrons. The van der Waals surface area contributed by atoms with Crippen LogP contribution in [0.25, 0.3) is 0 Å². The zero-order valence-electron chi connectivity index (χ0n) is 10.1. The van der Waals surface area contributed by atoms with Crippen molar-refractivity contribution in [2.24, 2.45) is 5.92 Å². The van der Waals surface area contributed by atoms with Gasteiger partial charge in [-0.2, -0.15) is 0 Å². The quantitative estimate of drug-likeness (QED) is 0.586. The zero-order valence-corrected chi connectivity index (χ0v) is 10.1. The third kappa shape index (κ3) is 6.20. The Morgan fingerprint density at radius 3 is 2.29 bits per heavy atom. The van der Waals surface area contributed by atoms with Crippen LogP contribution >= 0.6 is 0 Å². The molecule has 0 rings (SSSR count). The van der Waals surface area contributed by atoms with E-state index in [0.717, 1.165) is 24.3 Å². The zero-order chi connectivity index (χ0) is 11.0. The van der Waals surface area contributed by atoms with Crippen LogP contribution in [0.15, 0.2) is 12.2 Å². The summed E-state index contributed by atoms with van der Waals surface area (Å²) in [6, 6.07) is 0. The summed E-state index contributed by atoms with van der Waals surface area (Å²) in [4.78, 5) is 0. The van der Waals surface area contributed by atoms with Crippen LogP contribution in [0, 0.1) is 5.92 Å². The minimum absolute atomic E-state index is 0.286. The summed E-state index contributed by atoms with van der Waals surface area (Å²) in [6.07, 6.45) is 6.90. The largest absolute Gasteiger partial charge is 0.389 e. The van der Waals surface area contributed by atoms with Crippen LogP contribution in [0.2, 0.25) is 0 Å². The molecule has 0 amide bonds. The normalized spacial score (nSPS) is 15.1. The Hall–Kier alpha value is -0.300. The van der Waals surface area contributed by atoms with Crippen molar-refractivity contribution in [2.45, 2.75) is 65.4 Å². The van der Waals surface area contributed by atoms with Crippen molar-refractivity contribution in [1.29, 1.82) is 0 Å². The lowest BCUT2D eigenvalue weighted by molar-refractivity contribution is 0.186. The molecule has 14 heavy (non-hydrogen) atoms. The SMILES string of the molecule is C=C(C)C(O)CCC(CC)CCCC. The lowest BCUT2D eigenvalue weighted by Gasteiger charge is -2.16. The summed E-state index contributed by atoms with van der Waals surface area (Å²) in [6.45, 7) is 10.1. The number of aliphatic hydroxyl groups is 1. The summed E-state index contributed by atoms with van der Waals surface area (Å²) in [5.74, 6) is 0.795. The van der Waals surface area contributed by atoms with Gasteiger partial charge in [-0.25, -0.2) is 0 Å². The summed E-state index contributed by atoms with van der Waals surface area (Å²) in [5, 5.41) is 9.60. The van der Waals surface area contributed by atoms with E-state index in [9.17, 15) is 5.11 Å². The Morgan fingerprint density at radius 1 is 1.21 bits per heavy atom. The van der Waals surface area contributed by atoms with Gasteiger partial charge in [0.1, 0.15) is 0 Å². The molecule has 0 aromatic carbocycles. The second-order valence-electron chi connectivity index (χ2n) is 4.36. The van der Waals surface area contributed by atoms with E-state index in [2.05, 4.69) is 20.4 Å². The molecule has 0 spiro atoms. The molecular formula is C13H26O. The monoisotopic (exact) mass is 198 g/mol. The first-order valence-electron chi connectivity index (χ1n) is 5.95. The smallest absolute Gasteiger partial charge is 0.0744 e. The van der Waals surface area contributed by atoms with Gasteiger partial charge in [0.15, 0.2) is 0 Å². The summed E-state index contributed by atoms with van der Waals surface area (Å²) in [7, 11) is 0. The number of hydrogen-bond donors (Lipinski definition) is 1. The minimum Gasteiger partial charge on any atom is -0.389 e. The standard InChI is InChI=1S/C13H26O/c1-5-7-8-12(6-2)9-10-13(14)11(3)4/h12-14H,3,5-10H2,1-2,4H3. The van der Waals surface area contributed by atoms with Gasteiger partial charge in [-0.1, -0.05) is 51.7 Å². The van der Waals surface area contributed by atoms with E-state index >= 15 is 0 Å². The van der Waals surface area contributed by atoms with Crippen LogP contribution in [0.3, 0.4) is 0 Å². The molecule has 0 aromatic rings. The van der Waals surface area contributed by atoms with E-state index in [-0.39, 0.29) is 6.10 Å². The summed E-state index contributed by atoms with van der Waals surface area (Å²) >= 11 is 0. The lowest BCUT2D eigenvalue weighted by atomic mass is 9.92. The van der Waals surface area contributed by atoms with Gasteiger partial charge in [0.05, 0.1) is 6.10 Å². The van der Waals surface area contributed by atoms with Crippen LogP contribution in [-0.4, -0.2) is 11.2 Å². The van der Waals surface area contributed by atoms with Gasteiger partial charge in [0.2, 0.25) is 0 Å². The van der Waals surface area contributed by atoms with Gasteiger partial charge >= 0.3 is 0 Å². The third-order valence-corrected chi connectivity index (χ3v) is 2.96. The van der Waals surface area contributed by atoms with Crippen LogP contribution in [-0.2, 0) is 0 Å². The van der Waals surface area contributed by atoms with Crippen molar-refractivity contribution in [1.82, 2.24) is 0 Å². The molecule has 0 aliphatic heterocycles. The highest BCUT2D eigenvalue weighted by atomic mass is 16.3. The maximum Gasteiger partial charge on any atom is 0.0744 e. The van der Waals surface area contributed by atoms with Gasteiger partial charge in [-0.05, 0) is 25.7 Å². The van der Waals surface area contributed by atoms with Crippen LogP contribution in [0.4, 0.5) is 0 Å². The van der Waals surface area contributed by atoms with Crippen molar-refractivity contribution >= 4 is 0 Å². The molecule has 0 bridgehead atoms. The van der Waals surface area contributed by atoms with Crippen molar-refractivity contribution < 1.29 is 5.11 Å². The molecule has 1 N–H and O–H groups in total. The fraction of sp³-hybridized carbons (Fsp3) is 0.846. The number of rotatable bonds is 8. The first-order valence-corrected chi connectivity index (χ1v) is 5.95. The fourth-order valence-electron chi connectivity index (χ4n) is 1.69. The highest BCUT2D eigenvalue weighted by Crippen LogP contribution is 2.20. The number of hydrogen-bond acceptors (Lipinski definition) is 1. The topological polar surface area (TPSA) is 20.2 Å². The molecule has 0 saturated carbocycles. The molecular weight excluding hydrogens is 172 g/mol. The van der Waals surface area contributed by atoms with E-state index in [1.165, 1.54) is 25.7 Å². The van der Waals surface area contributed by atoms with Crippen LogP contribution in [0.5, 0.6) is 0 Å². The Morgan fingerprint density at radius 2 is 1.86 bits per heavy atom. The Kier molecular flexibility index (Phi) is 7.87. The van der Waals surface area contributed by atoms with Crippen LogP contribution < -0.4 is 0 Å². The molecule has 0 aromatic heterocycles. The van der Waals surface area contributed by atoms with Crippen LogP contribution in [0.1, 0.15) is 59.3 Å². The maximum atomic E-state index is 9.60. The Bertz CT molecular complexity index is 151. The van der Waals surface area contributed by atoms with E-state index in [4.69, 9.17) is 0 Å². The van der Waals surface area contributed by atoms with E-state index in [0.29, 0.717) is 0 Å². The van der Waals surface area contributed by atoms with Gasteiger partial charge in [0, 0.05) is 0 Å². The molecule has 2 unspecified atom stereocenters. The second-order valence-corrected chi connectivity index (χ2v) is 4.36. The molecule has 1 nitrogen and oxygen atoms in total. The Balaban J connectivity index is 3.66. The second kappa shape index (κ2) is 8.05. The van der Waals surface area contributed by atoms with Crippen molar-refractivity contribution in [2.75, 3.05) is 0 Å². The Labute approximate surface area is 89.2 Å². The van der Waals surface area contributed by atoms with E-state index in [1.807, 2.05) is 6.92 Å². The molecule has 0 aliphatic carbocycles. The molecule has 0 fully saturated rings. The van der Waals surface area contributed by atoms with Gasteiger partial charge in [0.25, 0.3) is 0 Å². The highest BCUT2D eigenvalue weighted by Gasteiger charge is 2.10. The lowest BCUT2D eigenvalue weighted by Crippen LogP contribution is -2.10. The molecule has 0 saturated heterocycles. The highest BCUT2D eigenvalue weighted by molar-refractivity contribution is 4.96. The molecule has 0 aliphatic rings. The minimum atomic E-state index is -0.286. The first kappa shape index (κ1) is 13.7. The van der Waals surface area contributed by atoms with E-state index < -0.39 is 0 Å². The van der Waals surface area contributed by atoms with Gasteiger partial charge in [-0.15, -0.1) is 0 Å². The van der Waals surface area contributed by atoms with Crippen molar-refractivity contribution in [3.63, 3.8) is 0 Å². The predicted octanol–water partition coefficient (Wildman–Crippen LogP) is 3.92. The summed E-state index contributed by atoms with van der Waals surface area (Å²) < 4.78 is 0. The number of unbranched alkanes of at least 4 members (excludes halogenated alkanes) is 1. The average molecular weight is 198 g/mol. The summed E-state index contributed by atoms with van der Waals surface area (Å²) in [5.41, 5.74) is 0.898. The first-order chi connectivity index (χ1) is 6.61. The number of aliphatic hydroxyl groups excluding tert-OH is 1. The fourth-order valence-corrected chi connectivity index (χ4v) is 1.69. The molecule has 1 heteroatoms. The van der Waals surface area contributed by atoms with Crippen molar-refractivity contribution in [3.05, 3.63) is 12.2 Å². The maximum absolute atomic E-state index is 9.60. The molecule has 84 valence electrons. The average Bonchev–Trinajstić information content (AvgIpc) is 2.17. The third-order valence-electron chi connectivity index (χ3n) is 2.96. The van der Waals surface area contributed by atoms with Crippen molar-refractivity contribution in [3.8, 4) is 0 Å². The van der Waals surface area contributed by atoms with Gasteiger partial charge in [-0.3, -0.25) is 0 Å². The predicted molar refractivity (Wildman–Crippen MR) is 63.4 cm³/mol. The van der Waals surface area contributed by atoms with E-state index in [1.54, 1.807) is 0 Å². The van der Waals surface area contributed by atoms with Gasteiger partial charge < -0.3 is 5.11 Å². The molecule has 0 heterocycles.